The summed E-state index contributed by atoms with van der Waals surface area (Å²) in [6, 6.07) is 4.95. The van der Waals surface area contributed by atoms with Crippen LogP contribution < -0.4 is 0 Å². The zero-order chi connectivity index (χ0) is 18.9. The van der Waals surface area contributed by atoms with E-state index in [2.05, 4.69) is 15.2 Å². The second kappa shape index (κ2) is 6.85. The fraction of sp³-hybridized carbons (Fsp3) is 0.312. The summed E-state index contributed by atoms with van der Waals surface area (Å²) in [5.74, 6) is -3.16. The van der Waals surface area contributed by atoms with Crippen molar-refractivity contribution < 1.29 is 26.5 Å². The molecule has 2 aromatic heterocycles. The minimum atomic E-state index is -4.35. The summed E-state index contributed by atoms with van der Waals surface area (Å²) in [4.78, 5) is 3.90. The van der Waals surface area contributed by atoms with Gasteiger partial charge in [-0.1, -0.05) is 18.1 Å². The van der Waals surface area contributed by atoms with E-state index in [0.29, 0.717) is 5.69 Å². The van der Waals surface area contributed by atoms with E-state index in [0.717, 1.165) is 23.7 Å². The van der Waals surface area contributed by atoms with Gasteiger partial charge in [-0.3, -0.25) is 0 Å². The first-order valence-electron chi connectivity index (χ1n) is 7.61. The molecule has 26 heavy (non-hydrogen) atoms. The van der Waals surface area contributed by atoms with Gasteiger partial charge < -0.3 is 4.52 Å². The summed E-state index contributed by atoms with van der Waals surface area (Å²) < 4.78 is 71.0. The second-order valence-electron chi connectivity index (χ2n) is 5.75. The van der Waals surface area contributed by atoms with Gasteiger partial charge in [0, 0.05) is 12.6 Å². The largest absolute Gasteiger partial charge is 0.392 e. The third kappa shape index (κ3) is 3.89. The van der Waals surface area contributed by atoms with E-state index in [4.69, 9.17) is 4.52 Å². The van der Waals surface area contributed by atoms with Gasteiger partial charge in [-0.2, -0.15) is 23.3 Å². The summed E-state index contributed by atoms with van der Waals surface area (Å²) in [6.45, 7) is 1.02. The van der Waals surface area contributed by atoms with Gasteiger partial charge in [0.25, 0.3) is 0 Å². The Kier molecular flexibility index (Phi) is 4.75. The van der Waals surface area contributed by atoms with E-state index in [9.17, 15) is 22.0 Å². The van der Waals surface area contributed by atoms with Gasteiger partial charge in [0.05, 0.1) is 18.0 Å². The van der Waals surface area contributed by atoms with Gasteiger partial charge in [0.2, 0.25) is 5.89 Å². The molecule has 0 bridgehead atoms. The van der Waals surface area contributed by atoms with Crippen molar-refractivity contribution in [2.24, 2.45) is 5.92 Å². The van der Waals surface area contributed by atoms with Crippen molar-refractivity contribution in [3.05, 3.63) is 59.5 Å². The predicted octanol–water partition coefficient (Wildman–Crippen LogP) is 3.87. The summed E-state index contributed by atoms with van der Waals surface area (Å²) in [5.41, 5.74) is 0.0513. The van der Waals surface area contributed by atoms with Crippen LogP contribution in [0.15, 0.2) is 35.0 Å². The number of halogens is 5. The Morgan fingerprint density at radius 3 is 2.50 bits per heavy atom. The number of aromatic nitrogens is 4. The number of hydrogen-bond acceptors (Lipinski definition) is 4. The van der Waals surface area contributed by atoms with Crippen molar-refractivity contribution in [2.75, 3.05) is 0 Å². The molecule has 0 aliphatic heterocycles. The molecule has 0 amide bonds. The monoisotopic (exact) mass is 372 g/mol. The maximum absolute atomic E-state index is 13.8. The summed E-state index contributed by atoms with van der Waals surface area (Å²) in [7, 11) is 0. The molecule has 0 radical (unpaired) electrons. The van der Waals surface area contributed by atoms with E-state index < -0.39 is 30.1 Å². The predicted molar refractivity (Wildman–Crippen MR) is 79.5 cm³/mol. The van der Waals surface area contributed by atoms with Crippen LogP contribution in [0.3, 0.4) is 0 Å². The van der Waals surface area contributed by atoms with Crippen LogP contribution in [0.4, 0.5) is 22.0 Å². The summed E-state index contributed by atoms with van der Waals surface area (Å²) >= 11 is 0. The van der Waals surface area contributed by atoms with Gasteiger partial charge in [-0.25, -0.2) is 13.5 Å². The number of hydrogen-bond donors (Lipinski definition) is 0. The lowest BCUT2D eigenvalue weighted by atomic mass is 10.1. The second-order valence-corrected chi connectivity index (χ2v) is 5.75. The zero-order valence-corrected chi connectivity index (χ0v) is 13.5. The number of benzene rings is 1. The Labute approximate surface area is 144 Å². The van der Waals surface area contributed by atoms with Crippen LogP contribution in [-0.4, -0.2) is 26.1 Å². The molecule has 0 aliphatic carbocycles. The topological polar surface area (TPSA) is 56.7 Å². The third-order valence-corrected chi connectivity index (χ3v) is 3.70. The number of alkyl halides is 3. The van der Waals surface area contributed by atoms with Crippen molar-refractivity contribution in [3.8, 4) is 5.69 Å². The minimum Gasteiger partial charge on any atom is -0.339 e. The molecule has 3 rings (SSSR count). The van der Waals surface area contributed by atoms with Crippen molar-refractivity contribution in [1.29, 1.82) is 0 Å². The molecule has 10 heteroatoms. The standard InChI is InChI=1S/C16H13F5N4O/c1-9(16(19,20)21)7-14-22-13(24-26-14)8-10-5-6-25(23-10)15-11(17)3-2-4-12(15)18/h2-6,9H,7-8H2,1H3. The van der Waals surface area contributed by atoms with Gasteiger partial charge in [-0.05, 0) is 18.2 Å². The van der Waals surface area contributed by atoms with Gasteiger partial charge in [0.15, 0.2) is 17.5 Å². The molecule has 1 unspecified atom stereocenters. The summed E-state index contributed by atoms with van der Waals surface area (Å²) in [6.07, 6.45) is -3.36. The van der Waals surface area contributed by atoms with Crippen molar-refractivity contribution >= 4 is 0 Å². The third-order valence-electron chi connectivity index (χ3n) is 3.70. The SMILES string of the molecule is CC(Cc1nc(Cc2ccn(-c3c(F)cccc3F)n2)no1)C(F)(F)F. The lowest BCUT2D eigenvalue weighted by molar-refractivity contribution is -0.170. The van der Waals surface area contributed by atoms with E-state index in [-0.39, 0.29) is 23.8 Å². The van der Waals surface area contributed by atoms with Crippen LogP contribution in [0.25, 0.3) is 5.69 Å². The lowest BCUT2D eigenvalue weighted by Gasteiger charge is -2.12. The quantitative estimate of drug-likeness (QED) is 0.638. The van der Waals surface area contributed by atoms with Crippen LogP contribution in [-0.2, 0) is 12.8 Å². The van der Waals surface area contributed by atoms with Crippen LogP contribution in [0.5, 0.6) is 0 Å². The highest BCUT2D eigenvalue weighted by Gasteiger charge is 2.37. The normalized spacial score (nSPS) is 13.2. The maximum Gasteiger partial charge on any atom is 0.392 e. The Balaban J connectivity index is 1.72. The lowest BCUT2D eigenvalue weighted by Crippen LogP contribution is -2.21. The molecule has 0 spiro atoms. The average molecular weight is 372 g/mol. The van der Waals surface area contributed by atoms with Crippen molar-refractivity contribution in [2.45, 2.75) is 25.9 Å². The number of rotatable bonds is 5. The first-order valence-corrected chi connectivity index (χ1v) is 7.61. The van der Waals surface area contributed by atoms with Gasteiger partial charge in [-0.15, -0.1) is 0 Å². The Morgan fingerprint density at radius 1 is 1.15 bits per heavy atom. The highest BCUT2D eigenvalue weighted by atomic mass is 19.4. The molecule has 1 aromatic carbocycles. The molecule has 2 heterocycles. The van der Waals surface area contributed by atoms with E-state index >= 15 is 0 Å². The molecule has 0 fully saturated rings. The fourth-order valence-electron chi connectivity index (χ4n) is 2.27. The smallest absolute Gasteiger partial charge is 0.339 e. The van der Waals surface area contributed by atoms with Gasteiger partial charge in [0.1, 0.15) is 5.69 Å². The summed E-state index contributed by atoms with van der Waals surface area (Å²) in [5, 5.41) is 7.65. The molecular weight excluding hydrogens is 359 g/mol. The van der Waals surface area contributed by atoms with Crippen molar-refractivity contribution in [3.63, 3.8) is 0 Å². The molecule has 0 saturated carbocycles. The highest BCUT2D eigenvalue weighted by molar-refractivity contribution is 5.34. The zero-order valence-electron chi connectivity index (χ0n) is 13.5. The minimum absolute atomic E-state index is 0.0486. The van der Waals surface area contributed by atoms with E-state index in [1.807, 2.05) is 0 Å². The molecular formula is C16H13F5N4O. The average Bonchev–Trinajstić information content (AvgIpc) is 3.17. The van der Waals surface area contributed by atoms with E-state index in [1.54, 1.807) is 0 Å². The molecule has 0 aliphatic rings. The Morgan fingerprint density at radius 2 is 1.85 bits per heavy atom. The maximum atomic E-state index is 13.8. The first-order chi connectivity index (χ1) is 12.2. The molecule has 3 aromatic rings. The molecule has 0 saturated heterocycles. The molecule has 138 valence electrons. The van der Waals surface area contributed by atoms with Crippen LogP contribution in [0.1, 0.15) is 24.3 Å². The van der Waals surface area contributed by atoms with Crippen LogP contribution in [0, 0.1) is 17.6 Å². The number of para-hydroxylation sites is 1. The Hall–Kier alpha value is -2.78. The Bertz CT molecular complexity index is 882. The van der Waals surface area contributed by atoms with Crippen LogP contribution >= 0.6 is 0 Å². The van der Waals surface area contributed by atoms with E-state index in [1.165, 1.54) is 18.3 Å². The molecule has 0 N–H and O–H groups in total. The first kappa shape index (κ1) is 18.0. The van der Waals surface area contributed by atoms with Crippen LogP contribution in [0.2, 0.25) is 0 Å². The molecule has 5 nitrogen and oxygen atoms in total. The van der Waals surface area contributed by atoms with Gasteiger partial charge >= 0.3 is 6.18 Å². The molecule has 1 atom stereocenters. The number of nitrogens with zero attached hydrogens (tertiary/aromatic N) is 4. The fourth-order valence-corrected chi connectivity index (χ4v) is 2.27. The highest BCUT2D eigenvalue weighted by Crippen LogP contribution is 2.28. The van der Waals surface area contributed by atoms with Crippen molar-refractivity contribution in [1.82, 2.24) is 19.9 Å².